The zero-order chi connectivity index (χ0) is 21.5. The highest BCUT2D eigenvalue weighted by atomic mass is 31.2. The fourth-order valence-corrected chi connectivity index (χ4v) is 8.98. The molecule has 0 bridgehead atoms. The van der Waals surface area contributed by atoms with Gasteiger partial charge in [0.05, 0.1) is 24.4 Å². The van der Waals surface area contributed by atoms with E-state index in [1.165, 1.54) is 0 Å². The van der Waals surface area contributed by atoms with Crippen LogP contribution in [0.5, 0.6) is 0 Å². The Bertz CT molecular complexity index is 491. The third kappa shape index (κ3) is 6.96. The molecule has 0 atom stereocenters. The SMILES string of the molecule is C=CCC(CC=C)(P(=O)(OC(C)C)OC(C)C)P(=O)(OC(C)C)OC(C)C. The summed E-state index contributed by atoms with van der Waals surface area (Å²) in [5.41, 5.74) is 0. The number of hydrogen-bond donors (Lipinski definition) is 0. The molecule has 0 saturated heterocycles. The maximum atomic E-state index is 14.2. The van der Waals surface area contributed by atoms with Crippen molar-refractivity contribution >= 4 is 15.2 Å². The molecule has 0 amide bonds. The Morgan fingerprint density at radius 1 is 0.667 bits per heavy atom. The van der Waals surface area contributed by atoms with E-state index < -0.39 is 44.5 Å². The minimum atomic E-state index is -4.00. The van der Waals surface area contributed by atoms with Gasteiger partial charge < -0.3 is 18.1 Å². The van der Waals surface area contributed by atoms with Crippen LogP contribution in [0.3, 0.4) is 0 Å². The van der Waals surface area contributed by atoms with Crippen molar-refractivity contribution in [3.63, 3.8) is 0 Å². The lowest BCUT2D eigenvalue weighted by Gasteiger charge is -2.44. The Morgan fingerprint density at radius 2 is 0.889 bits per heavy atom. The molecule has 0 unspecified atom stereocenters. The van der Waals surface area contributed by atoms with Gasteiger partial charge in [0, 0.05) is 0 Å². The second-order valence-electron chi connectivity index (χ2n) is 7.58. The van der Waals surface area contributed by atoms with E-state index in [0.29, 0.717) is 0 Å². The predicted molar refractivity (Wildman–Crippen MR) is 112 cm³/mol. The average Bonchev–Trinajstić information content (AvgIpc) is 2.42. The molecule has 0 rings (SSSR count). The zero-order valence-corrected chi connectivity index (χ0v) is 19.9. The molecule has 6 nitrogen and oxygen atoms in total. The molecule has 0 aromatic rings. The van der Waals surface area contributed by atoms with Gasteiger partial charge in [-0.05, 0) is 68.2 Å². The van der Waals surface area contributed by atoms with E-state index >= 15 is 0 Å². The van der Waals surface area contributed by atoms with Crippen molar-refractivity contribution in [1.29, 1.82) is 0 Å². The van der Waals surface area contributed by atoms with Gasteiger partial charge in [0.15, 0.2) is 4.90 Å². The third-order valence-corrected chi connectivity index (χ3v) is 10.4. The zero-order valence-electron chi connectivity index (χ0n) is 18.1. The highest BCUT2D eigenvalue weighted by Crippen LogP contribution is 2.81. The Kier molecular flexibility index (Phi) is 11.0. The first kappa shape index (κ1) is 26.8. The summed E-state index contributed by atoms with van der Waals surface area (Å²) in [6.07, 6.45) is 1.53. The van der Waals surface area contributed by atoms with Gasteiger partial charge in [0.1, 0.15) is 0 Å². The van der Waals surface area contributed by atoms with Gasteiger partial charge in [-0.3, -0.25) is 9.13 Å². The van der Waals surface area contributed by atoms with Crippen molar-refractivity contribution in [3.8, 4) is 0 Å². The maximum Gasteiger partial charge on any atom is 0.350 e. The van der Waals surface area contributed by atoms with Crippen molar-refractivity contribution in [2.75, 3.05) is 0 Å². The van der Waals surface area contributed by atoms with Crippen molar-refractivity contribution in [2.45, 2.75) is 97.5 Å². The fraction of sp³-hybridized carbons (Fsp3) is 0.789. The molecule has 0 aromatic carbocycles. The van der Waals surface area contributed by atoms with E-state index in [-0.39, 0.29) is 12.8 Å². The van der Waals surface area contributed by atoms with E-state index in [9.17, 15) is 9.13 Å². The lowest BCUT2D eigenvalue weighted by molar-refractivity contribution is 0.109. The number of allylic oxidation sites excluding steroid dienone is 2. The molecule has 0 aliphatic heterocycles. The minimum absolute atomic E-state index is 0.0620. The highest BCUT2D eigenvalue weighted by Gasteiger charge is 2.65. The summed E-state index contributed by atoms with van der Waals surface area (Å²) < 4.78 is 51.7. The normalized spacial score (nSPS) is 13.8. The molecular formula is C19H38O6P2. The second kappa shape index (κ2) is 11.1. The predicted octanol–water partition coefficient (Wildman–Crippen LogP) is 6.92. The van der Waals surface area contributed by atoms with Gasteiger partial charge in [-0.15, -0.1) is 13.2 Å². The molecular weight excluding hydrogens is 386 g/mol. The van der Waals surface area contributed by atoms with Crippen LogP contribution < -0.4 is 0 Å². The highest BCUT2D eigenvalue weighted by molar-refractivity contribution is 7.74. The Balaban J connectivity index is 6.88. The summed E-state index contributed by atoms with van der Waals surface area (Å²) in [4.78, 5) is -1.58. The summed E-state index contributed by atoms with van der Waals surface area (Å²) >= 11 is 0. The maximum absolute atomic E-state index is 14.2. The van der Waals surface area contributed by atoms with Crippen LogP contribution in [0.1, 0.15) is 68.2 Å². The van der Waals surface area contributed by atoms with Crippen LogP contribution in [-0.4, -0.2) is 29.3 Å². The molecule has 0 spiro atoms. The molecule has 8 heteroatoms. The van der Waals surface area contributed by atoms with E-state index in [1.807, 2.05) is 0 Å². The topological polar surface area (TPSA) is 71.1 Å². The van der Waals surface area contributed by atoms with E-state index in [0.717, 1.165) is 0 Å². The molecule has 0 heterocycles. The minimum Gasteiger partial charge on any atom is -0.305 e. The van der Waals surface area contributed by atoms with Crippen LogP contribution in [0.15, 0.2) is 25.3 Å². The van der Waals surface area contributed by atoms with Gasteiger partial charge in [0.25, 0.3) is 0 Å². The Hall–Kier alpha value is -0.220. The van der Waals surface area contributed by atoms with Gasteiger partial charge in [-0.1, -0.05) is 12.2 Å². The van der Waals surface area contributed by atoms with Crippen LogP contribution in [0.2, 0.25) is 0 Å². The average molecular weight is 424 g/mol. The van der Waals surface area contributed by atoms with Crippen molar-refractivity contribution in [3.05, 3.63) is 25.3 Å². The van der Waals surface area contributed by atoms with E-state index in [1.54, 1.807) is 67.5 Å². The molecule has 0 N–H and O–H groups in total. The quantitative estimate of drug-likeness (QED) is 0.223. The summed E-state index contributed by atoms with van der Waals surface area (Å²) in [6, 6.07) is 0. The standard InChI is InChI=1S/C19H38O6P2/c1-11-13-19(14-12-2,26(20,22-15(3)4)23-16(5)6)27(21,24-17(7)8)25-18(9)10/h11-12,15-18H,1-2,13-14H2,3-10H3. The summed E-state index contributed by atoms with van der Waals surface area (Å²) in [7, 11) is -7.99. The van der Waals surface area contributed by atoms with Crippen LogP contribution >= 0.6 is 15.2 Å². The fourth-order valence-electron chi connectivity index (χ4n) is 2.70. The van der Waals surface area contributed by atoms with Crippen molar-refractivity contribution < 1.29 is 27.2 Å². The Labute approximate surface area is 165 Å². The van der Waals surface area contributed by atoms with Crippen molar-refractivity contribution in [1.82, 2.24) is 0 Å². The molecule has 0 radical (unpaired) electrons. The van der Waals surface area contributed by atoms with Crippen LogP contribution in [0.25, 0.3) is 0 Å². The monoisotopic (exact) mass is 424 g/mol. The molecule has 0 fully saturated rings. The summed E-state index contributed by atoms with van der Waals surface area (Å²) in [6.45, 7) is 21.5. The largest absolute Gasteiger partial charge is 0.350 e. The number of rotatable bonds is 14. The molecule has 0 aliphatic rings. The van der Waals surface area contributed by atoms with Crippen LogP contribution in [0, 0.1) is 0 Å². The third-order valence-electron chi connectivity index (χ3n) is 3.36. The van der Waals surface area contributed by atoms with E-state index in [4.69, 9.17) is 18.1 Å². The first-order valence-electron chi connectivity index (χ1n) is 9.44. The first-order chi connectivity index (χ1) is 12.3. The van der Waals surface area contributed by atoms with Gasteiger partial charge in [0.2, 0.25) is 0 Å². The lowest BCUT2D eigenvalue weighted by atomic mass is 10.2. The molecule has 27 heavy (non-hydrogen) atoms. The smallest absolute Gasteiger partial charge is 0.305 e. The van der Waals surface area contributed by atoms with Gasteiger partial charge in [-0.2, -0.15) is 0 Å². The molecule has 0 aromatic heterocycles. The second-order valence-corrected chi connectivity index (χ2v) is 12.5. The summed E-state index contributed by atoms with van der Waals surface area (Å²) in [5.74, 6) is 0. The van der Waals surface area contributed by atoms with Crippen LogP contribution in [0.4, 0.5) is 0 Å². The molecule has 0 aliphatic carbocycles. The summed E-state index contributed by atoms with van der Waals surface area (Å²) in [5, 5.41) is 0. The van der Waals surface area contributed by atoms with Gasteiger partial charge in [-0.25, -0.2) is 0 Å². The number of hydrogen-bond acceptors (Lipinski definition) is 6. The van der Waals surface area contributed by atoms with Crippen LogP contribution in [-0.2, 0) is 27.2 Å². The lowest BCUT2D eigenvalue weighted by Crippen LogP contribution is -2.35. The first-order valence-corrected chi connectivity index (χ1v) is 12.5. The molecule has 0 saturated carbocycles. The van der Waals surface area contributed by atoms with Gasteiger partial charge >= 0.3 is 15.2 Å². The van der Waals surface area contributed by atoms with E-state index in [2.05, 4.69) is 13.2 Å². The Morgan fingerprint density at radius 3 is 1.04 bits per heavy atom. The molecule has 160 valence electrons. The van der Waals surface area contributed by atoms with Crippen molar-refractivity contribution in [2.24, 2.45) is 0 Å².